The first-order chi connectivity index (χ1) is 12.3. The first kappa shape index (κ1) is 18.3. The molecule has 3 rings (SSSR count). The molecule has 0 saturated carbocycles. The van der Waals surface area contributed by atoms with E-state index >= 15 is 0 Å². The van der Waals surface area contributed by atoms with Crippen LogP contribution in [0, 0.1) is 11.6 Å². The van der Waals surface area contributed by atoms with E-state index in [1.54, 1.807) is 18.2 Å². The number of sulfonamides is 1. The molecule has 0 aromatic heterocycles. The summed E-state index contributed by atoms with van der Waals surface area (Å²) in [5.74, 6) is -1.98. The number of rotatable bonds is 5. The molecule has 0 atom stereocenters. The van der Waals surface area contributed by atoms with Gasteiger partial charge in [0.1, 0.15) is 0 Å². The summed E-state index contributed by atoms with van der Waals surface area (Å²) in [7, 11) is -0.0628. The number of halogens is 2. The van der Waals surface area contributed by atoms with Crippen molar-refractivity contribution in [3.05, 3.63) is 71.8 Å². The fourth-order valence-electron chi connectivity index (χ4n) is 2.79. The smallest absolute Gasteiger partial charge is 0.241 e. The molecule has 0 amide bonds. The lowest BCUT2D eigenvalue weighted by molar-refractivity contribution is 0.506. The predicted octanol–water partition coefficient (Wildman–Crippen LogP) is 3.66. The van der Waals surface area contributed by atoms with Gasteiger partial charge in [-0.25, -0.2) is 21.9 Å². The highest BCUT2D eigenvalue weighted by atomic mass is 32.2. The fraction of sp³-hybridized carbons (Fsp3) is 0.158. The van der Waals surface area contributed by atoms with Crippen molar-refractivity contribution in [2.24, 2.45) is 0 Å². The van der Waals surface area contributed by atoms with E-state index in [1.165, 1.54) is 12.1 Å². The van der Waals surface area contributed by atoms with Crippen molar-refractivity contribution in [1.82, 2.24) is 4.72 Å². The third-order valence-corrected chi connectivity index (χ3v) is 5.54. The van der Waals surface area contributed by atoms with E-state index in [2.05, 4.69) is 4.72 Å². The quantitative estimate of drug-likeness (QED) is 0.739. The van der Waals surface area contributed by atoms with Crippen molar-refractivity contribution >= 4 is 26.5 Å². The van der Waals surface area contributed by atoms with Gasteiger partial charge in [0.05, 0.1) is 4.90 Å². The highest BCUT2D eigenvalue weighted by Crippen LogP contribution is 2.30. The normalized spacial score (nSPS) is 11.7. The third-order valence-electron chi connectivity index (χ3n) is 4.08. The predicted molar refractivity (Wildman–Crippen MR) is 98.7 cm³/mol. The van der Waals surface area contributed by atoms with E-state index in [-0.39, 0.29) is 11.4 Å². The van der Waals surface area contributed by atoms with E-state index in [0.29, 0.717) is 10.9 Å². The molecule has 0 aliphatic heterocycles. The average Bonchev–Trinajstić information content (AvgIpc) is 2.61. The van der Waals surface area contributed by atoms with Crippen LogP contribution < -0.4 is 9.62 Å². The van der Waals surface area contributed by atoms with Gasteiger partial charge in [-0.15, -0.1) is 0 Å². The average molecular weight is 376 g/mol. The van der Waals surface area contributed by atoms with E-state index in [1.807, 2.05) is 31.1 Å². The second-order valence-electron chi connectivity index (χ2n) is 6.10. The van der Waals surface area contributed by atoms with E-state index in [0.717, 1.165) is 23.2 Å². The maximum atomic E-state index is 13.3. The second kappa shape index (κ2) is 7.01. The fourth-order valence-corrected chi connectivity index (χ4v) is 4.03. The van der Waals surface area contributed by atoms with Crippen LogP contribution in [0.4, 0.5) is 14.5 Å². The minimum atomic E-state index is -3.84. The number of nitrogens with zero attached hydrogens (tertiary/aromatic N) is 1. The summed E-state index contributed by atoms with van der Waals surface area (Å²) in [5, 5.41) is 1.41. The summed E-state index contributed by atoms with van der Waals surface area (Å²) >= 11 is 0. The molecule has 7 heteroatoms. The molecule has 0 fully saturated rings. The molecule has 0 heterocycles. The van der Waals surface area contributed by atoms with Gasteiger partial charge in [-0.2, -0.15) is 0 Å². The van der Waals surface area contributed by atoms with Crippen LogP contribution in [0.5, 0.6) is 0 Å². The molecule has 0 aliphatic rings. The van der Waals surface area contributed by atoms with Crippen LogP contribution in [0.1, 0.15) is 5.56 Å². The maximum absolute atomic E-state index is 13.3. The van der Waals surface area contributed by atoms with Crippen LogP contribution in [-0.4, -0.2) is 22.5 Å². The van der Waals surface area contributed by atoms with Gasteiger partial charge in [-0.1, -0.05) is 30.3 Å². The van der Waals surface area contributed by atoms with Crippen LogP contribution in [0.3, 0.4) is 0 Å². The molecule has 0 bridgehead atoms. The number of benzene rings is 3. The van der Waals surface area contributed by atoms with Gasteiger partial charge in [0.25, 0.3) is 0 Å². The number of nitrogens with one attached hydrogen (secondary N) is 1. The number of hydrogen-bond donors (Lipinski definition) is 1. The molecule has 0 aliphatic carbocycles. The lowest BCUT2D eigenvalue weighted by Gasteiger charge is -2.17. The van der Waals surface area contributed by atoms with Crippen molar-refractivity contribution < 1.29 is 17.2 Å². The molecule has 0 spiro atoms. The zero-order valence-electron chi connectivity index (χ0n) is 14.3. The Balaban J connectivity index is 1.96. The summed E-state index contributed by atoms with van der Waals surface area (Å²) in [6.45, 7) is -0.136. The minimum absolute atomic E-state index is 0.136. The molecule has 0 saturated heterocycles. The minimum Gasteiger partial charge on any atom is -0.377 e. The molecule has 3 aromatic carbocycles. The van der Waals surface area contributed by atoms with E-state index in [4.69, 9.17) is 0 Å². The van der Waals surface area contributed by atoms with Gasteiger partial charge in [0.15, 0.2) is 11.6 Å². The zero-order chi connectivity index (χ0) is 18.9. The Hall–Kier alpha value is -2.51. The monoisotopic (exact) mass is 376 g/mol. The molecule has 1 N–H and O–H groups in total. The standard InChI is InChI=1S/C19H18F2N2O2S/c1-23(2)18-7-3-6-15-14(18)5-4-8-19(15)26(24,25)22-12-13-9-10-16(20)17(21)11-13/h3-11,22H,12H2,1-2H3. The molecule has 0 unspecified atom stereocenters. The van der Waals surface area contributed by atoms with Gasteiger partial charge in [-0.05, 0) is 29.8 Å². The summed E-state index contributed by atoms with van der Waals surface area (Å²) in [6, 6.07) is 13.8. The first-order valence-electron chi connectivity index (χ1n) is 7.92. The van der Waals surface area contributed by atoms with Gasteiger partial charge in [-0.3, -0.25) is 0 Å². The van der Waals surface area contributed by atoms with E-state index in [9.17, 15) is 17.2 Å². The third kappa shape index (κ3) is 3.54. The highest BCUT2D eigenvalue weighted by molar-refractivity contribution is 7.89. The molecule has 0 radical (unpaired) electrons. The maximum Gasteiger partial charge on any atom is 0.241 e. The molecular formula is C19H18F2N2O2S. The lowest BCUT2D eigenvalue weighted by Crippen LogP contribution is -2.23. The van der Waals surface area contributed by atoms with Crippen molar-refractivity contribution in [2.75, 3.05) is 19.0 Å². The van der Waals surface area contributed by atoms with Crippen LogP contribution >= 0.6 is 0 Å². The topological polar surface area (TPSA) is 49.4 Å². The molecule has 4 nitrogen and oxygen atoms in total. The number of hydrogen-bond acceptors (Lipinski definition) is 3. The summed E-state index contributed by atoms with van der Waals surface area (Å²) in [4.78, 5) is 2.05. The Morgan fingerprint density at radius 1 is 0.923 bits per heavy atom. The molecule has 136 valence electrons. The first-order valence-corrected chi connectivity index (χ1v) is 9.40. The SMILES string of the molecule is CN(C)c1cccc2c(S(=O)(=O)NCc3ccc(F)c(F)c3)cccc12. The van der Waals surface area contributed by atoms with Crippen molar-refractivity contribution in [3.63, 3.8) is 0 Å². The summed E-state index contributed by atoms with van der Waals surface area (Å²) < 4.78 is 54.3. The van der Waals surface area contributed by atoms with Crippen molar-refractivity contribution in [1.29, 1.82) is 0 Å². The molecular weight excluding hydrogens is 358 g/mol. The molecule has 26 heavy (non-hydrogen) atoms. The highest BCUT2D eigenvalue weighted by Gasteiger charge is 2.18. The Kier molecular flexibility index (Phi) is 4.93. The Morgan fingerprint density at radius 3 is 2.31 bits per heavy atom. The largest absolute Gasteiger partial charge is 0.377 e. The van der Waals surface area contributed by atoms with Crippen LogP contribution in [-0.2, 0) is 16.6 Å². The Bertz CT molecular complexity index is 1070. The van der Waals surface area contributed by atoms with Gasteiger partial charge >= 0.3 is 0 Å². The van der Waals surface area contributed by atoms with Crippen molar-refractivity contribution in [3.8, 4) is 0 Å². The number of anilines is 1. The zero-order valence-corrected chi connectivity index (χ0v) is 15.1. The van der Waals surface area contributed by atoms with Crippen molar-refractivity contribution in [2.45, 2.75) is 11.4 Å². The summed E-state index contributed by atoms with van der Waals surface area (Å²) in [5.41, 5.74) is 1.24. The Labute approximate surface area is 151 Å². The van der Waals surface area contributed by atoms with Gasteiger partial charge < -0.3 is 4.90 Å². The van der Waals surface area contributed by atoms with Crippen LogP contribution in [0.2, 0.25) is 0 Å². The lowest BCUT2D eigenvalue weighted by atomic mass is 10.1. The van der Waals surface area contributed by atoms with E-state index < -0.39 is 21.7 Å². The summed E-state index contributed by atoms with van der Waals surface area (Å²) in [6.07, 6.45) is 0. The second-order valence-corrected chi connectivity index (χ2v) is 7.83. The molecule has 3 aromatic rings. The van der Waals surface area contributed by atoms with Gasteiger partial charge in [0, 0.05) is 37.1 Å². The number of fused-ring (bicyclic) bond motifs is 1. The van der Waals surface area contributed by atoms with Gasteiger partial charge in [0.2, 0.25) is 10.0 Å². The Morgan fingerprint density at radius 2 is 1.62 bits per heavy atom. The van der Waals surface area contributed by atoms with Crippen LogP contribution in [0.15, 0.2) is 59.5 Å². The van der Waals surface area contributed by atoms with Crippen LogP contribution in [0.25, 0.3) is 10.8 Å².